The first-order valence-corrected chi connectivity index (χ1v) is 4.35. The van der Waals surface area contributed by atoms with Crippen LogP contribution >= 0.6 is 0 Å². The number of hydrogen-bond donors (Lipinski definition) is 2. The molecule has 2 aromatic rings. The third kappa shape index (κ3) is 1.41. The van der Waals surface area contributed by atoms with Crippen LogP contribution in [0.2, 0.25) is 0 Å². The second kappa shape index (κ2) is 3.43. The lowest BCUT2D eigenvalue weighted by Gasteiger charge is -2.08. The highest BCUT2D eigenvalue weighted by Gasteiger charge is 2.13. The van der Waals surface area contributed by atoms with Crippen molar-refractivity contribution in [1.82, 2.24) is 4.98 Å². The predicted octanol–water partition coefficient (Wildman–Crippen LogP) is 2.11. The Labute approximate surface area is 84.9 Å². The van der Waals surface area contributed by atoms with Crippen LogP contribution in [-0.4, -0.2) is 4.98 Å². The number of pyridine rings is 1. The minimum Gasteiger partial charge on any atom is -0.323 e. The van der Waals surface area contributed by atoms with Crippen molar-refractivity contribution in [1.29, 1.82) is 0 Å². The minimum absolute atomic E-state index is 0.0199. The van der Waals surface area contributed by atoms with Gasteiger partial charge in [0.2, 0.25) is 0 Å². The molecule has 0 fully saturated rings. The molecule has 0 aliphatic rings. The van der Waals surface area contributed by atoms with Gasteiger partial charge in [-0.1, -0.05) is 0 Å². The summed E-state index contributed by atoms with van der Waals surface area (Å²) in [5.74, 6) is 4.16. The first-order valence-electron chi connectivity index (χ1n) is 4.35. The fraction of sp³-hybridized carbons (Fsp3) is 0.100. The zero-order valence-electron chi connectivity index (χ0n) is 8.01. The summed E-state index contributed by atoms with van der Waals surface area (Å²) in [6.45, 7) is 1.49. The van der Waals surface area contributed by atoms with E-state index in [4.69, 9.17) is 5.84 Å². The molecule has 0 bridgehead atoms. The Morgan fingerprint density at radius 1 is 1.40 bits per heavy atom. The van der Waals surface area contributed by atoms with E-state index in [9.17, 15) is 8.78 Å². The smallest absolute Gasteiger partial charge is 0.149 e. The quantitative estimate of drug-likeness (QED) is 0.558. The monoisotopic (exact) mass is 209 g/mol. The molecule has 0 saturated carbocycles. The number of benzene rings is 1. The van der Waals surface area contributed by atoms with Crippen molar-refractivity contribution in [2.24, 2.45) is 5.84 Å². The first kappa shape index (κ1) is 9.79. The van der Waals surface area contributed by atoms with Crippen LogP contribution in [0.3, 0.4) is 0 Å². The molecule has 5 heteroatoms. The predicted molar refractivity (Wildman–Crippen MR) is 54.2 cm³/mol. The van der Waals surface area contributed by atoms with Crippen LogP contribution in [-0.2, 0) is 0 Å². The number of nitrogens with one attached hydrogen (secondary N) is 1. The van der Waals surface area contributed by atoms with Crippen molar-refractivity contribution in [2.45, 2.75) is 6.92 Å². The molecule has 3 nitrogen and oxygen atoms in total. The van der Waals surface area contributed by atoms with Crippen molar-refractivity contribution >= 4 is 16.6 Å². The molecule has 15 heavy (non-hydrogen) atoms. The molecule has 78 valence electrons. The SMILES string of the molecule is Cc1cc(F)c2nccc(NN)c2c1F. The van der Waals surface area contributed by atoms with E-state index in [1.54, 1.807) is 0 Å². The van der Waals surface area contributed by atoms with Crippen LogP contribution < -0.4 is 11.3 Å². The molecule has 3 N–H and O–H groups in total. The number of aryl methyl sites for hydroxylation is 1. The summed E-state index contributed by atoms with van der Waals surface area (Å²) in [4.78, 5) is 3.78. The van der Waals surface area contributed by atoms with E-state index in [0.29, 0.717) is 5.69 Å². The number of nitrogens with two attached hydrogens (primary N) is 1. The Hall–Kier alpha value is -1.75. The van der Waals surface area contributed by atoms with Crippen LogP contribution in [0.15, 0.2) is 18.3 Å². The number of hydrazine groups is 1. The van der Waals surface area contributed by atoms with E-state index in [2.05, 4.69) is 10.4 Å². The van der Waals surface area contributed by atoms with Gasteiger partial charge in [-0.25, -0.2) is 8.78 Å². The lowest BCUT2D eigenvalue weighted by atomic mass is 10.1. The third-order valence-corrected chi connectivity index (χ3v) is 2.24. The Bertz CT molecular complexity index is 526. The van der Waals surface area contributed by atoms with Gasteiger partial charge in [-0.05, 0) is 24.6 Å². The van der Waals surface area contributed by atoms with E-state index in [0.717, 1.165) is 6.07 Å². The highest BCUT2D eigenvalue weighted by atomic mass is 19.1. The largest absolute Gasteiger partial charge is 0.323 e. The molecule has 0 aliphatic heterocycles. The van der Waals surface area contributed by atoms with Gasteiger partial charge >= 0.3 is 0 Å². The Morgan fingerprint density at radius 3 is 2.80 bits per heavy atom. The second-order valence-electron chi connectivity index (χ2n) is 3.22. The molecule has 0 unspecified atom stereocenters. The number of anilines is 1. The van der Waals surface area contributed by atoms with Crippen LogP contribution in [0.5, 0.6) is 0 Å². The van der Waals surface area contributed by atoms with E-state index in [-0.39, 0.29) is 16.5 Å². The Kier molecular flexibility index (Phi) is 2.24. The van der Waals surface area contributed by atoms with Gasteiger partial charge in [-0.2, -0.15) is 0 Å². The van der Waals surface area contributed by atoms with Crippen molar-refractivity contribution in [3.8, 4) is 0 Å². The molecule has 0 aliphatic carbocycles. The molecule has 0 radical (unpaired) electrons. The van der Waals surface area contributed by atoms with Crippen molar-refractivity contribution < 1.29 is 8.78 Å². The Morgan fingerprint density at radius 2 is 2.13 bits per heavy atom. The van der Waals surface area contributed by atoms with Gasteiger partial charge in [-0.15, -0.1) is 0 Å². The standard InChI is InChI=1S/C10H9F2N3/c1-5-4-6(11)10-8(9(5)12)7(15-13)2-3-14-10/h2-4H,13H2,1H3,(H,14,15). The van der Waals surface area contributed by atoms with Crippen LogP contribution in [0.1, 0.15) is 5.56 Å². The maximum atomic E-state index is 13.7. The van der Waals surface area contributed by atoms with Crippen molar-refractivity contribution in [3.05, 3.63) is 35.5 Å². The summed E-state index contributed by atoms with van der Waals surface area (Å²) in [7, 11) is 0. The summed E-state index contributed by atoms with van der Waals surface area (Å²) < 4.78 is 27.2. The summed E-state index contributed by atoms with van der Waals surface area (Å²) in [6.07, 6.45) is 1.37. The summed E-state index contributed by atoms with van der Waals surface area (Å²) >= 11 is 0. The van der Waals surface area contributed by atoms with Crippen LogP contribution in [0.4, 0.5) is 14.5 Å². The molecule has 0 saturated heterocycles. The average Bonchev–Trinajstić information content (AvgIpc) is 2.25. The maximum Gasteiger partial charge on any atom is 0.149 e. The summed E-state index contributed by atoms with van der Waals surface area (Å²) in [5, 5.41) is 0.0810. The lowest BCUT2D eigenvalue weighted by molar-refractivity contribution is 0.608. The highest BCUT2D eigenvalue weighted by molar-refractivity contribution is 5.92. The molecule has 0 spiro atoms. The number of nitrogens with zero attached hydrogens (tertiary/aromatic N) is 1. The van der Waals surface area contributed by atoms with Crippen molar-refractivity contribution in [3.63, 3.8) is 0 Å². The van der Waals surface area contributed by atoms with E-state index in [1.807, 2.05) is 0 Å². The third-order valence-electron chi connectivity index (χ3n) is 2.24. The van der Waals surface area contributed by atoms with Gasteiger partial charge in [0.15, 0.2) is 0 Å². The van der Waals surface area contributed by atoms with Crippen LogP contribution in [0, 0.1) is 18.6 Å². The van der Waals surface area contributed by atoms with Gasteiger partial charge in [0, 0.05) is 6.20 Å². The summed E-state index contributed by atoms with van der Waals surface area (Å²) in [6, 6.07) is 2.61. The van der Waals surface area contributed by atoms with E-state index >= 15 is 0 Å². The molecule has 0 amide bonds. The number of nitrogen functional groups attached to an aromatic ring is 1. The fourth-order valence-electron chi connectivity index (χ4n) is 1.50. The molecular weight excluding hydrogens is 200 g/mol. The highest BCUT2D eigenvalue weighted by Crippen LogP contribution is 2.27. The lowest BCUT2D eigenvalue weighted by Crippen LogP contribution is -2.08. The topological polar surface area (TPSA) is 50.9 Å². The van der Waals surface area contributed by atoms with E-state index in [1.165, 1.54) is 19.2 Å². The molecular formula is C10H9F2N3. The number of fused-ring (bicyclic) bond motifs is 1. The number of halogens is 2. The number of aromatic nitrogens is 1. The van der Waals surface area contributed by atoms with Gasteiger partial charge in [-0.3, -0.25) is 10.8 Å². The number of hydrogen-bond acceptors (Lipinski definition) is 3. The fourth-order valence-corrected chi connectivity index (χ4v) is 1.50. The van der Waals surface area contributed by atoms with Crippen LogP contribution in [0.25, 0.3) is 10.9 Å². The maximum absolute atomic E-state index is 13.7. The number of rotatable bonds is 1. The van der Waals surface area contributed by atoms with E-state index < -0.39 is 11.6 Å². The first-order chi connectivity index (χ1) is 7.15. The average molecular weight is 209 g/mol. The Balaban J connectivity index is 2.96. The molecule has 1 aromatic heterocycles. The van der Waals surface area contributed by atoms with Gasteiger partial charge in [0.25, 0.3) is 0 Å². The second-order valence-corrected chi connectivity index (χ2v) is 3.22. The van der Waals surface area contributed by atoms with Gasteiger partial charge < -0.3 is 5.43 Å². The zero-order valence-corrected chi connectivity index (χ0v) is 8.01. The molecule has 1 aromatic carbocycles. The molecule has 1 heterocycles. The van der Waals surface area contributed by atoms with Gasteiger partial charge in [0.05, 0.1) is 11.1 Å². The van der Waals surface area contributed by atoms with Crippen molar-refractivity contribution in [2.75, 3.05) is 5.43 Å². The normalized spacial score (nSPS) is 10.7. The van der Waals surface area contributed by atoms with Gasteiger partial charge in [0.1, 0.15) is 17.2 Å². The molecule has 0 atom stereocenters. The molecule has 2 rings (SSSR count). The summed E-state index contributed by atoms with van der Waals surface area (Å²) in [5.41, 5.74) is 2.84. The minimum atomic E-state index is -0.555. The zero-order chi connectivity index (χ0) is 11.0.